The first-order chi connectivity index (χ1) is 17.5. The summed E-state index contributed by atoms with van der Waals surface area (Å²) in [6, 6.07) is 28.4. The molecule has 4 aromatic carbocycles. The SMILES string of the molecule is O=C1[C@H]2[C@H](c3ccccc3)OC3(C(=O)c4ccccc4C3=O)[C@H]2C(=O)N1c1cccc2ccccc12. The number of benzene rings is 4. The molecule has 0 saturated carbocycles. The number of hydrogen-bond donors (Lipinski definition) is 0. The first-order valence-corrected chi connectivity index (χ1v) is 11.8. The highest BCUT2D eigenvalue weighted by atomic mass is 16.5. The van der Waals surface area contributed by atoms with Crippen molar-refractivity contribution in [2.24, 2.45) is 11.8 Å². The normalized spacial score (nSPS) is 24.1. The molecule has 1 aliphatic carbocycles. The number of fused-ring (bicyclic) bond motifs is 4. The standard InChI is InChI=1S/C30H19NO5/c32-26-20-14-6-7-15-21(20)27(33)30(26)24-23(25(36-30)18-10-2-1-3-11-18)28(34)31(29(24)35)22-16-8-12-17-9-4-5-13-19(17)22/h1-16,23-25H/t23-,24-,25+/m1/s1. The average Bonchev–Trinajstić information content (AvgIpc) is 3.49. The van der Waals surface area contributed by atoms with Gasteiger partial charge in [-0.2, -0.15) is 0 Å². The topological polar surface area (TPSA) is 80.8 Å². The Morgan fingerprint density at radius 1 is 0.639 bits per heavy atom. The predicted octanol–water partition coefficient (Wildman–Crippen LogP) is 4.53. The maximum Gasteiger partial charge on any atom is 0.241 e. The Bertz CT molecular complexity index is 1580. The van der Waals surface area contributed by atoms with E-state index in [4.69, 9.17) is 4.74 Å². The van der Waals surface area contributed by atoms with Crippen molar-refractivity contribution in [2.45, 2.75) is 11.7 Å². The Balaban J connectivity index is 1.45. The summed E-state index contributed by atoms with van der Waals surface area (Å²) in [4.78, 5) is 57.0. The Labute approximate surface area is 206 Å². The molecule has 0 unspecified atom stereocenters. The maximum atomic E-state index is 14.1. The molecule has 2 heterocycles. The van der Waals surface area contributed by atoms with Gasteiger partial charge in [-0.15, -0.1) is 0 Å². The van der Waals surface area contributed by atoms with Gasteiger partial charge in [-0.1, -0.05) is 91.0 Å². The van der Waals surface area contributed by atoms with Crippen LogP contribution in [-0.2, 0) is 14.3 Å². The van der Waals surface area contributed by atoms with Crippen molar-refractivity contribution in [1.82, 2.24) is 0 Å². The quantitative estimate of drug-likeness (QED) is 0.316. The number of ketones is 2. The molecule has 1 spiro atoms. The summed E-state index contributed by atoms with van der Waals surface area (Å²) < 4.78 is 6.32. The highest BCUT2D eigenvalue weighted by Crippen LogP contribution is 2.58. The lowest BCUT2D eigenvalue weighted by Crippen LogP contribution is -2.51. The molecule has 174 valence electrons. The van der Waals surface area contributed by atoms with Gasteiger partial charge in [-0.25, -0.2) is 4.90 Å². The van der Waals surface area contributed by atoms with Crippen LogP contribution < -0.4 is 4.90 Å². The summed E-state index contributed by atoms with van der Waals surface area (Å²) >= 11 is 0. The van der Waals surface area contributed by atoms with E-state index in [1.54, 1.807) is 60.7 Å². The molecule has 7 rings (SSSR count). The minimum Gasteiger partial charge on any atom is -0.349 e. The van der Waals surface area contributed by atoms with Crippen LogP contribution in [0.3, 0.4) is 0 Å². The second-order valence-electron chi connectivity index (χ2n) is 9.40. The van der Waals surface area contributed by atoms with E-state index in [2.05, 4.69) is 0 Å². The van der Waals surface area contributed by atoms with Crippen LogP contribution in [0.5, 0.6) is 0 Å². The van der Waals surface area contributed by atoms with Gasteiger partial charge in [0.15, 0.2) is 0 Å². The van der Waals surface area contributed by atoms with Crippen LogP contribution in [0.15, 0.2) is 97.1 Å². The smallest absolute Gasteiger partial charge is 0.241 e. The van der Waals surface area contributed by atoms with Crippen molar-refractivity contribution in [3.05, 3.63) is 114 Å². The number of imide groups is 1. The summed E-state index contributed by atoms with van der Waals surface area (Å²) in [7, 11) is 0. The fourth-order valence-corrected chi connectivity index (χ4v) is 6.10. The number of carbonyl (C=O) groups excluding carboxylic acids is 4. The van der Waals surface area contributed by atoms with E-state index in [-0.39, 0.29) is 11.1 Å². The fourth-order valence-electron chi connectivity index (χ4n) is 6.10. The molecule has 3 aliphatic rings. The number of anilines is 1. The lowest BCUT2D eigenvalue weighted by molar-refractivity contribution is -0.127. The number of Topliss-reactive ketones (excluding diaryl/α,β-unsaturated/α-hetero) is 2. The van der Waals surface area contributed by atoms with Crippen molar-refractivity contribution in [3.8, 4) is 0 Å². The monoisotopic (exact) mass is 473 g/mol. The highest BCUT2D eigenvalue weighted by Gasteiger charge is 2.74. The van der Waals surface area contributed by atoms with Gasteiger partial charge < -0.3 is 4.74 Å². The summed E-state index contributed by atoms with van der Waals surface area (Å²) in [5.74, 6) is -4.45. The predicted molar refractivity (Wildman–Crippen MR) is 132 cm³/mol. The Kier molecular flexibility index (Phi) is 4.23. The van der Waals surface area contributed by atoms with Crippen LogP contribution in [0.25, 0.3) is 10.8 Å². The third-order valence-corrected chi connectivity index (χ3v) is 7.65. The Morgan fingerprint density at radius 3 is 1.97 bits per heavy atom. The maximum absolute atomic E-state index is 14.1. The van der Waals surface area contributed by atoms with E-state index in [1.807, 2.05) is 36.4 Å². The lowest BCUT2D eigenvalue weighted by atomic mass is 9.77. The molecule has 0 radical (unpaired) electrons. The fraction of sp³-hybridized carbons (Fsp3) is 0.133. The molecule has 0 N–H and O–H groups in total. The zero-order chi connectivity index (χ0) is 24.6. The third kappa shape index (κ3) is 2.49. The van der Waals surface area contributed by atoms with Crippen molar-refractivity contribution < 1.29 is 23.9 Å². The molecule has 2 aliphatic heterocycles. The average molecular weight is 473 g/mol. The van der Waals surface area contributed by atoms with E-state index in [0.717, 1.165) is 15.7 Å². The van der Waals surface area contributed by atoms with Gasteiger partial charge in [0.25, 0.3) is 0 Å². The number of carbonyl (C=O) groups is 4. The molecule has 3 atom stereocenters. The van der Waals surface area contributed by atoms with Crippen LogP contribution in [0.2, 0.25) is 0 Å². The minimum absolute atomic E-state index is 0.221. The molecule has 0 aromatic heterocycles. The molecule has 2 amide bonds. The van der Waals surface area contributed by atoms with Gasteiger partial charge in [0.05, 0.1) is 23.6 Å². The van der Waals surface area contributed by atoms with Gasteiger partial charge in [0, 0.05) is 16.5 Å². The number of amides is 2. The van der Waals surface area contributed by atoms with Crippen LogP contribution in [0.4, 0.5) is 5.69 Å². The molecule has 2 saturated heterocycles. The van der Waals surface area contributed by atoms with Gasteiger partial charge >= 0.3 is 0 Å². The zero-order valence-corrected chi connectivity index (χ0v) is 19.0. The summed E-state index contributed by atoms with van der Waals surface area (Å²) in [6.45, 7) is 0. The molecule has 2 fully saturated rings. The molecule has 6 nitrogen and oxygen atoms in total. The van der Waals surface area contributed by atoms with Crippen molar-refractivity contribution in [1.29, 1.82) is 0 Å². The van der Waals surface area contributed by atoms with Crippen molar-refractivity contribution in [3.63, 3.8) is 0 Å². The summed E-state index contributed by atoms with van der Waals surface area (Å²) in [5, 5.41) is 1.61. The molecule has 36 heavy (non-hydrogen) atoms. The second-order valence-corrected chi connectivity index (χ2v) is 9.40. The second kappa shape index (κ2) is 7.29. The minimum atomic E-state index is -2.07. The molecule has 0 bridgehead atoms. The lowest BCUT2D eigenvalue weighted by Gasteiger charge is -2.27. The van der Waals surface area contributed by atoms with Crippen LogP contribution in [-0.4, -0.2) is 29.0 Å². The molecular formula is C30H19NO5. The van der Waals surface area contributed by atoms with E-state index in [0.29, 0.717) is 11.3 Å². The van der Waals surface area contributed by atoms with Gasteiger partial charge in [0.2, 0.25) is 29.0 Å². The zero-order valence-electron chi connectivity index (χ0n) is 19.0. The van der Waals surface area contributed by atoms with E-state index < -0.39 is 46.9 Å². The van der Waals surface area contributed by atoms with Crippen LogP contribution >= 0.6 is 0 Å². The highest BCUT2D eigenvalue weighted by molar-refractivity contribution is 6.37. The number of ether oxygens (including phenoxy) is 1. The number of hydrogen-bond acceptors (Lipinski definition) is 5. The largest absolute Gasteiger partial charge is 0.349 e. The Morgan fingerprint density at radius 2 is 1.25 bits per heavy atom. The number of nitrogens with zero attached hydrogens (tertiary/aromatic N) is 1. The first-order valence-electron chi connectivity index (χ1n) is 11.8. The summed E-state index contributed by atoms with van der Waals surface area (Å²) in [5.41, 5.74) is -0.546. The number of rotatable bonds is 2. The van der Waals surface area contributed by atoms with Crippen LogP contribution in [0, 0.1) is 11.8 Å². The first kappa shape index (κ1) is 20.9. The Hall–Kier alpha value is -4.42. The molecular weight excluding hydrogens is 454 g/mol. The van der Waals surface area contributed by atoms with Crippen molar-refractivity contribution >= 4 is 39.8 Å². The van der Waals surface area contributed by atoms with Gasteiger partial charge in [0.1, 0.15) is 0 Å². The summed E-state index contributed by atoms with van der Waals surface area (Å²) in [6.07, 6.45) is -0.921. The molecule has 6 heteroatoms. The third-order valence-electron chi connectivity index (χ3n) is 7.65. The van der Waals surface area contributed by atoms with E-state index in [9.17, 15) is 19.2 Å². The van der Waals surface area contributed by atoms with E-state index >= 15 is 0 Å². The van der Waals surface area contributed by atoms with Crippen LogP contribution in [0.1, 0.15) is 32.4 Å². The van der Waals surface area contributed by atoms with E-state index in [1.165, 1.54) is 0 Å². The van der Waals surface area contributed by atoms with Gasteiger partial charge in [-0.3, -0.25) is 19.2 Å². The van der Waals surface area contributed by atoms with Gasteiger partial charge in [-0.05, 0) is 17.0 Å². The van der Waals surface area contributed by atoms with Crippen molar-refractivity contribution in [2.75, 3.05) is 4.90 Å². The molecule has 4 aromatic rings.